The molecule has 0 fully saturated rings. The van der Waals surface area contributed by atoms with E-state index in [1.165, 1.54) is 24.3 Å². The van der Waals surface area contributed by atoms with Gasteiger partial charge in [-0.2, -0.15) is 5.10 Å². The van der Waals surface area contributed by atoms with Crippen LogP contribution in [0.2, 0.25) is 0 Å². The smallest absolute Gasteiger partial charge is 0.332 e. The largest absolute Gasteiger partial charge is 0.455 e. The van der Waals surface area contributed by atoms with Crippen LogP contribution in [0.4, 0.5) is 10.5 Å². The number of benzene rings is 1. The average Bonchev–Trinajstić information content (AvgIpc) is 3.07. The number of nitro groups is 1. The summed E-state index contributed by atoms with van der Waals surface area (Å²) in [6.45, 7) is 1.65. The van der Waals surface area contributed by atoms with Crippen LogP contribution in [-0.4, -0.2) is 28.5 Å². The Morgan fingerprint density at radius 2 is 1.87 bits per heavy atom. The van der Waals surface area contributed by atoms with E-state index in [0.717, 1.165) is 0 Å². The third-order valence-electron chi connectivity index (χ3n) is 4.47. The first-order chi connectivity index (χ1) is 14.3. The SMILES string of the molecule is Cc1c(C(=O)NNC(=O)c2ccccc2[N+](=O)[O-])oc2c1/C(=N/NC(N)=O)CCC2. The van der Waals surface area contributed by atoms with E-state index in [0.29, 0.717) is 41.9 Å². The lowest BCUT2D eigenvalue weighted by Gasteiger charge is -2.13. The first-order valence-electron chi connectivity index (χ1n) is 8.88. The molecular formula is C18H18N6O6. The van der Waals surface area contributed by atoms with Crippen LogP contribution in [0.25, 0.3) is 0 Å². The Hall–Kier alpha value is -4.22. The molecule has 0 saturated heterocycles. The van der Waals surface area contributed by atoms with E-state index in [4.69, 9.17) is 10.2 Å². The van der Waals surface area contributed by atoms with Gasteiger partial charge in [0.1, 0.15) is 11.3 Å². The second-order valence-corrected chi connectivity index (χ2v) is 6.42. The molecule has 0 unspecified atom stereocenters. The number of hydrogen-bond donors (Lipinski definition) is 4. The predicted octanol–water partition coefficient (Wildman–Crippen LogP) is 1.28. The minimum Gasteiger partial charge on any atom is -0.455 e. The number of para-hydroxylation sites is 1. The summed E-state index contributed by atoms with van der Waals surface area (Å²) >= 11 is 0. The number of nitrogens with zero attached hydrogens (tertiary/aromatic N) is 2. The third kappa shape index (κ3) is 4.11. The number of hydrogen-bond acceptors (Lipinski definition) is 7. The van der Waals surface area contributed by atoms with Crippen molar-refractivity contribution < 1.29 is 23.7 Å². The molecule has 1 aromatic heterocycles. The Labute approximate surface area is 169 Å². The Balaban J connectivity index is 1.77. The summed E-state index contributed by atoms with van der Waals surface area (Å²) in [6.07, 6.45) is 1.83. The van der Waals surface area contributed by atoms with E-state index in [-0.39, 0.29) is 11.3 Å². The van der Waals surface area contributed by atoms with Gasteiger partial charge >= 0.3 is 11.9 Å². The summed E-state index contributed by atoms with van der Waals surface area (Å²) in [5, 5.41) is 15.0. The highest BCUT2D eigenvalue weighted by Crippen LogP contribution is 2.29. The molecule has 3 rings (SSSR count). The van der Waals surface area contributed by atoms with Crippen LogP contribution < -0.4 is 22.0 Å². The van der Waals surface area contributed by atoms with E-state index in [1.54, 1.807) is 6.92 Å². The topological polar surface area (TPSA) is 182 Å². The molecule has 1 aromatic carbocycles. The molecule has 30 heavy (non-hydrogen) atoms. The number of nitrogens with two attached hydrogens (primary N) is 1. The van der Waals surface area contributed by atoms with E-state index in [1.807, 2.05) is 0 Å². The van der Waals surface area contributed by atoms with Gasteiger partial charge in [0, 0.05) is 23.6 Å². The molecule has 156 valence electrons. The maximum atomic E-state index is 12.5. The number of aryl methyl sites for hydroxylation is 1. The highest BCUT2D eigenvalue weighted by atomic mass is 16.6. The number of carbonyl (C=O) groups is 3. The van der Waals surface area contributed by atoms with Gasteiger partial charge in [0.15, 0.2) is 5.76 Å². The average molecular weight is 414 g/mol. The first-order valence-corrected chi connectivity index (χ1v) is 8.88. The molecular weight excluding hydrogens is 396 g/mol. The minimum atomic E-state index is -0.850. The summed E-state index contributed by atoms with van der Waals surface area (Å²) in [6, 6.07) is 4.53. The van der Waals surface area contributed by atoms with Gasteiger partial charge in [-0.3, -0.25) is 30.6 Å². The van der Waals surface area contributed by atoms with E-state index in [2.05, 4.69) is 21.4 Å². The number of primary amides is 1. The van der Waals surface area contributed by atoms with Crippen LogP contribution >= 0.6 is 0 Å². The molecule has 0 saturated carbocycles. The second kappa shape index (κ2) is 8.43. The van der Waals surface area contributed by atoms with Crippen LogP contribution in [-0.2, 0) is 6.42 Å². The number of nitrogens with one attached hydrogen (secondary N) is 3. The van der Waals surface area contributed by atoms with E-state index in [9.17, 15) is 24.5 Å². The molecule has 0 bridgehead atoms. The fourth-order valence-corrected chi connectivity index (χ4v) is 3.18. The highest BCUT2D eigenvalue weighted by molar-refractivity contribution is 6.07. The first kappa shape index (κ1) is 20.5. The lowest BCUT2D eigenvalue weighted by molar-refractivity contribution is -0.385. The van der Waals surface area contributed by atoms with Gasteiger partial charge in [0.25, 0.3) is 11.6 Å². The zero-order valence-electron chi connectivity index (χ0n) is 15.9. The number of fused-ring (bicyclic) bond motifs is 1. The number of rotatable bonds is 4. The van der Waals surface area contributed by atoms with Crippen LogP contribution in [0, 0.1) is 17.0 Å². The molecule has 12 nitrogen and oxygen atoms in total. The van der Waals surface area contributed by atoms with Crippen molar-refractivity contribution in [2.75, 3.05) is 0 Å². The molecule has 1 aliphatic rings. The Bertz CT molecular complexity index is 1070. The number of furan rings is 1. The maximum absolute atomic E-state index is 12.5. The summed E-state index contributed by atoms with van der Waals surface area (Å²) in [5.74, 6) is -1.11. The Morgan fingerprint density at radius 3 is 2.57 bits per heavy atom. The zero-order valence-corrected chi connectivity index (χ0v) is 15.9. The Kier molecular flexibility index (Phi) is 5.76. The van der Waals surface area contributed by atoms with Crippen molar-refractivity contribution in [1.29, 1.82) is 0 Å². The van der Waals surface area contributed by atoms with Crippen molar-refractivity contribution in [1.82, 2.24) is 16.3 Å². The molecule has 0 atom stereocenters. The molecule has 0 radical (unpaired) electrons. The van der Waals surface area contributed by atoms with Gasteiger partial charge in [-0.1, -0.05) is 12.1 Å². The molecule has 4 amide bonds. The van der Waals surface area contributed by atoms with Crippen LogP contribution in [0.1, 0.15) is 50.6 Å². The number of hydrazine groups is 1. The predicted molar refractivity (Wildman–Crippen MR) is 104 cm³/mol. The zero-order chi connectivity index (χ0) is 21.8. The number of nitro benzene ring substituents is 1. The van der Waals surface area contributed by atoms with Gasteiger partial charge in [-0.15, -0.1) is 0 Å². The van der Waals surface area contributed by atoms with Crippen molar-refractivity contribution in [3.8, 4) is 0 Å². The van der Waals surface area contributed by atoms with Crippen molar-refractivity contribution in [2.24, 2.45) is 10.8 Å². The lowest BCUT2D eigenvalue weighted by Crippen LogP contribution is -2.42. The normalized spacial score (nSPS) is 14.0. The van der Waals surface area contributed by atoms with Crippen molar-refractivity contribution >= 4 is 29.2 Å². The number of urea groups is 1. The molecule has 0 aliphatic heterocycles. The fraction of sp³-hybridized carbons (Fsp3) is 0.222. The minimum absolute atomic E-state index is 0.0449. The monoisotopic (exact) mass is 414 g/mol. The molecule has 0 spiro atoms. The standard InChI is InChI=1S/C18H18N6O6/c1-9-14-11(20-23-18(19)27)6-4-8-13(14)30-15(9)17(26)22-21-16(25)10-5-2-3-7-12(10)24(28)29/h2-3,5,7H,4,6,8H2,1H3,(H,21,25)(H,22,26)(H3,19,23,27)/b20-11+. The van der Waals surface area contributed by atoms with Gasteiger partial charge in [-0.25, -0.2) is 10.2 Å². The summed E-state index contributed by atoms with van der Waals surface area (Å²) in [7, 11) is 0. The van der Waals surface area contributed by atoms with Crippen molar-refractivity contribution in [3.63, 3.8) is 0 Å². The molecule has 5 N–H and O–H groups in total. The third-order valence-corrected chi connectivity index (χ3v) is 4.47. The van der Waals surface area contributed by atoms with Gasteiger partial charge < -0.3 is 10.2 Å². The fourth-order valence-electron chi connectivity index (χ4n) is 3.18. The number of hydrazone groups is 1. The summed E-state index contributed by atoms with van der Waals surface area (Å²) < 4.78 is 5.64. The Morgan fingerprint density at radius 1 is 1.17 bits per heavy atom. The number of amides is 4. The number of carbonyl (C=O) groups excluding carboxylic acids is 3. The van der Waals surface area contributed by atoms with E-state index < -0.39 is 28.5 Å². The molecule has 1 heterocycles. The second-order valence-electron chi connectivity index (χ2n) is 6.42. The maximum Gasteiger partial charge on any atom is 0.332 e. The molecule has 2 aromatic rings. The van der Waals surface area contributed by atoms with Gasteiger partial charge in [0.2, 0.25) is 0 Å². The van der Waals surface area contributed by atoms with Crippen LogP contribution in [0.5, 0.6) is 0 Å². The van der Waals surface area contributed by atoms with E-state index >= 15 is 0 Å². The summed E-state index contributed by atoms with van der Waals surface area (Å²) in [5.41, 5.74) is 12.6. The quantitative estimate of drug-likeness (QED) is 0.431. The molecule has 1 aliphatic carbocycles. The van der Waals surface area contributed by atoms with Crippen LogP contribution in [0.3, 0.4) is 0 Å². The molecule has 12 heteroatoms. The summed E-state index contributed by atoms with van der Waals surface area (Å²) in [4.78, 5) is 46.1. The van der Waals surface area contributed by atoms with Gasteiger partial charge in [0.05, 0.1) is 10.6 Å². The van der Waals surface area contributed by atoms with Crippen molar-refractivity contribution in [3.05, 3.63) is 62.6 Å². The van der Waals surface area contributed by atoms with Crippen molar-refractivity contribution in [2.45, 2.75) is 26.2 Å². The van der Waals surface area contributed by atoms with Gasteiger partial charge in [-0.05, 0) is 25.8 Å². The lowest BCUT2D eigenvalue weighted by atomic mass is 9.93. The van der Waals surface area contributed by atoms with Crippen LogP contribution in [0.15, 0.2) is 33.8 Å². The highest BCUT2D eigenvalue weighted by Gasteiger charge is 2.28.